The lowest BCUT2D eigenvalue weighted by molar-refractivity contribution is 0.669. The van der Waals surface area contributed by atoms with E-state index in [1.54, 1.807) is 0 Å². The van der Waals surface area contributed by atoms with Crippen LogP contribution in [0.4, 0.5) is 17.1 Å². The molecule has 4 heteroatoms. The Morgan fingerprint density at radius 1 is 0.198 bits per heavy atom. The number of para-hydroxylation sites is 3. The van der Waals surface area contributed by atoms with Crippen molar-refractivity contribution in [3.63, 3.8) is 0 Å². The van der Waals surface area contributed by atoms with Gasteiger partial charge in [-0.1, -0.05) is 364 Å². The monoisotopic (exact) mass is 1540 g/mol. The van der Waals surface area contributed by atoms with E-state index in [0.717, 1.165) is 66.8 Å². The average molecular weight is 1540 g/mol. The van der Waals surface area contributed by atoms with Gasteiger partial charge in [0.15, 0.2) is 0 Å². The lowest BCUT2D eigenvalue weighted by Crippen LogP contribution is -2.36. The summed E-state index contributed by atoms with van der Waals surface area (Å²) in [5.74, 6) is 0. The minimum Gasteiger partial charge on any atom is -0.456 e. The second-order valence-corrected chi connectivity index (χ2v) is 32.0. The van der Waals surface area contributed by atoms with Gasteiger partial charge in [-0.2, -0.15) is 0 Å². The first-order chi connectivity index (χ1) is 60.0. The van der Waals surface area contributed by atoms with Crippen LogP contribution in [0.2, 0.25) is 0 Å². The Morgan fingerprint density at radius 3 is 1.12 bits per heavy atom. The minimum absolute atomic E-state index is 0.493. The summed E-state index contributed by atoms with van der Waals surface area (Å²) in [6, 6.07) is 157. The molecule has 121 heavy (non-hydrogen) atoms. The first kappa shape index (κ1) is 69.4. The molecule has 562 valence electrons. The highest BCUT2D eigenvalue weighted by Gasteiger charge is 2.52. The number of furan rings is 1. The molecule has 0 bridgehead atoms. The standard InChI is InChI=1S/C66H42N2.C51H31NO/c1-2-19-48(20-3-1)68-62-31-14-12-29-59(62)66(60-30-13-15-32-63(60)68)57-28-11-10-22-51(57)56-41-46(37-39-58(56)66)61-40-38-47(42-67-61)65-54-25-8-6-23-52(54)64(53-24-7-9-26-55(53)65)45-35-33-44(34-36-45)50-27-16-18-43-17-4-5-21-49(43)50;1-2-12-36-30-49-46(28-35(36)11-1)45-29-37(25-27-48(45)53-49)38-24-26-47(52-31-38)51-43-17-7-5-15-41(43)50(42-16-6-8-18-44(42)51)34-22-20-33(21-23-34)40-19-9-13-32-10-3-4-14-39(32)40/h1-42H;1-31H. The summed E-state index contributed by atoms with van der Waals surface area (Å²) in [6.45, 7) is 0. The summed E-state index contributed by atoms with van der Waals surface area (Å²) in [5.41, 5.74) is 31.0. The number of rotatable bonds is 9. The maximum atomic E-state index is 6.28. The second-order valence-electron chi connectivity index (χ2n) is 32.0. The van der Waals surface area contributed by atoms with E-state index in [2.05, 4.69) is 442 Å². The number of nitrogens with zero attached hydrogens (tertiary/aromatic N) is 3. The van der Waals surface area contributed by atoms with Crippen molar-refractivity contribution in [2.75, 3.05) is 4.90 Å². The average Bonchev–Trinajstić information content (AvgIpc) is 1.53. The SMILES string of the molecule is c1ccc(N2c3ccccc3C3(c4ccccc4-c4cc(-c5ccc(-c6c7ccccc7c(-c7ccc(-c8cccc9ccccc89)cc7)c7ccccc67)cn5)ccc43)c3ccccc32)cc1.c1ccc2cc3c(cc2c1)oc1ccc(-c2ccc(-c4c5ccccc5c(-c5ccc(-c6cccc7ccccc67)cc5)c5ccccc45)nc2)cc13. The Balaban J connectivity index is 0.000000141. The molecule has 23 aromatic rings. The number of aromatic nitrogens is 2. The van der Waals surface area contributed by atoms with Crippen molar-refractivity contribution in [3.05, 3.63) is 465 Å². The maximum absolute atomic E-state index is 6.28. The number of hydrogen-bond donors (Lipinski definition) is 0. The third-order valence-corrected chi connectivity index (χ3v) is 25.6. The van der Waals surface area contributed by atoms with Gasteiger partial charge in [-0.25, -0.2) is 0 Å². The van der Waals surface area contributed by atoms with E-state index in [1.807, 2.05) is 6.20 Å². The third kappa shape index (κ3) is 11.1. The molecule has 0 fully saturated rings. The van der Waals surface area contributed by atoms with Crippen LogP contribution in [0.25, 0.3) is 198 Å². The predicted molar refractivity (Wildman–Crippen MR) is 507 cm³/mol. The lowest BCUT2D eigenvalue weighted by Gasteiger charge is -2.45. The highest BCUT2D eigenvalue weighted by Crippen LogP contribution is 2.64. The quantitative estimate of drug-likeness (QED) is 0.135. The van der Waals surface area contributed by atoms with Crippen LogP contribution in [0.1, 0.15) is 22.3 Å². The van der Waals surface area contributed by atoms with Crippen molar-refractivity contribution in [1.82, 2.24) is 9.97 Å². The summed E-state index contributed by atoms with van der Waals surface area (Å²) < 4.78 is 6.28. The molecule has 2 aliphatic rings. The first-order valence-corrected chi connectivity index (χ1v) is 41.6. The fraction of sp³-hybridized carbons (Fsp3) is 0.00855. The molecule has 0 N–H and O–H groups in total. The largest absolute Gasteiger partial charge is 0.456 e. The van der Waals surface area contributed by atoms with Crippen molar-refractivity contribution in [2.24, 2.45) is 0 Å². The molecular weight excluding hydrogens is 1460 g/mol. The topological polar surface area (TPSA) is 42.2 Å². The Kier molecular flexibility index (Phi) is 16.2. The van der Waals surface area contributed by atoms with E-state index < -0.39 is 5.41 Å². The van der Waals surface area contributed by atoms with Gasteiger partial charge < -0.3 is 9.32 Å². The molecule has 0 amide bonds. The van der Waals surface area contributed by atoms with Crippen LogP contribution in [0.3, 0.4) is 0 Å². The third-order valence-electron chi connectivity index (χ3n) is 25.6. The van der Waals surface area contributed by atoms with Gasteiger partial charge in [0.2, 0.25) is 0 Å². The number of benzene rings is 20. The normalized spacial score (nSPS) is 12.5. The molecule has 1 aliphatic heterocycles. The van der Waals surface area contributed by atoms with Gasteiger partial charge in [-0.15, -0.1) is 0 Å². The van der Waals surface area contributed by atoms with Crippen LogP contribution in [0.15, 0.2) is 448 Å². The van der Waals surface area contributed by atoms with Gasteiger partial charge in [-0.05, 0) is 231 Å². The highest BCUT2D eigenvalue weighted by atomic mass is 16.3. The van der Waals surface area contributed by atoms with Gasteiger partial charge in [0.05, 0.1) is 28.2 Å². The van der Waals surface area contributed by atoms with Crippen LogP contribution in [-0.4, -0.2) is 9.97 Å². The summed E-state index contributed by atoms with van der Waals surface area (Å²) in [4.78, 5) is 12.9. The smallest absolute Gasteiger partial charge is 0.136 e. The Hall–Kier alpha value is -15.9. The van der Waals surface area contributed by atoms with Crippen LogP contribution in [-0.2, 0) is 5.41 Å². The molecule has 4 nitrogen and oxygen atoms in total. The molecule has 20 aromatic carbocycles. The zero-order chi connectivity index (χ0) is 79.6. The highest BCUT2D eigenvalue weighted by molar-refractivity contribution is 6.23. The van der Waals surface area contributed by atoms with Gasteiger partial charge in [0, 0.05) is 51.1 Å². The Morgan fingerprint density at radius 2 is 0.579 bits per heavy atom. The molecule has 0 atom stereocenters. The summed E-state index contributed by atoms with van der Waals surface area (Å²) in [7, 11) is 0. The minimum atomic E-state index is -0.493. The summed E-state index contributed by atoms with van der Waals surface area (Å²) in [6.07, 6.45) is 4.09. The van der Waals surface area contributed by atoms with Crippen LogP contribution < -0.4 is 4.90 Å². The van der Waals surface area contributed by atoms with Crippen molar-refractivity contribution >= 4 is 114 Å². The summed E-state index contributed by atoms with van der Waals surface area (Å²) >= 11 is 0. The molecule has 0 saturated heterocycles. The van der Waals surface area contributed by atoms with Gasteiger partial charge in [0.1, 0.15) is 11.2 Å². The fourth-order valence-corrected chi connectivity index (χ4v) is 20.2. The summed E-state index contributed by atoms with van der Waals surface area (Å²) in [5, 5.41) is 19.4. The van der Waals surface area contributed by atoms with Crippen molar-refractivity contribution < 1.29 is 4.42 Å². The Labute approximate surface area is 700 Å². The molecule has 4 heterocycles. The molecule has 3 aromatic heterocycles. The first-order valence-electron chi connectivity index (χ1n) is 41.6. The molecule has 1 spiro atoms. The Bertz CT molecular complexity index is 7950. The number of pyridine rings is 2. The van der Waals surface area contributed by atoms with E-state index in [-0.39, 0.29) is 0 Å². The van der Waals surface area contributed by atoms with Crippen LogP contribution in [0, 0.1) is 0 Å². The van der Waals surface area contributed by atoms with Crippen LogP contribution in [0.5, 0.6) is 0 Å². The molecule has 0 saturated carbocycles. The van der Waals surface area contributed by atoms with E-state index in [9.17, 15) is 0 Å². The fourth-order valence-electron chi connectivity index (χ4n) is 20.2. The van der Waals surface area contributed by atoms with Crippen molar-refractivity contribution in [1.29, 1.82) is 0 Å². The molecule has 0 radical (unpaired) electrons. The van der Waals surface area contributed by atoms with Crippen molar-refractivity contribution in [3.8, 4) is 100 Å². The second kappa shape index (κ2) is 28.2. The van der Waals surface area contributed by atoms with E-state index in [1.165, 1.54) is 170 Å². The van der Waals surface area contributed by atoms with Gasteiger partial charge >= 0.3 is 0 Å². The van der Waals surface area contributed by atoms with Gasteiger partial charge in [-0.3, -0.25) is 9.97 Å². The number of anilines is 3. The molecular formula is C117H73N3O. The number of hydrogen-bond acceptors (Lipinski definition) is 4. The zero-order valence-corrected chi connectivity index (χ0v) is 65.9. The molecule has 0 unspecified atom stereocenters. The molecule has 1 aliphatic carbocycles. The lowest BCUT2D eigenvalue weighted by atomic mass is 9.64. The molecule has 25 rings (SSSR count). The van der Waals surface area contributed by atoms with E-state index >= 15 is 0 Å². The van der Waals surface area contributed by atoms with Gasteiger partial charge in [0.25, 0.3) is 0 Å². The van der Waals surface area contributed by atoms with Crippen molar-refractivity contribution in [2.45, 2.75) is 5.41 Å². The maximum Gasteiger partial charge on any atom is 0.136 e. The van der Waals surface area contributed by atoms with E-state index in [0.29, 0.717) is 0 Å². The number of fused-ring (bicyclic) bond motifs is 19. The van der Waals surface area contributed by atoms with Crippen LogP contribution >= 0.6 is 0 Å². The van der Waals surface area contributed by atoms with E-state index in [4.69, 9.17) is 14.4 Å². The predicted octanol–water partition coefficient (Wildman–Crippen LogP) is 31.6. The zero-order valence-electron chi connectivity index (χ0n) is 65.9.